The number of unbranched alkanes of at least 4 members (excludes halogenated alkanes) is 9. The SMILES string of the molecule is CCCCCCCC(C/C=C\CCCCCCCC(=O)OC(CC(=O)O)C(C)=O)OC. The van der Waals surface area contributed by atoms with Crippen molar-refractivity contribution in [2.24, 2.45) is 0 Å². The number of carboxylic acid groups (broad SMARTS) is 1. The number of carbonyl (C=O) groups excluding carboxylic acids is 2. The molecular formula is C25H44O6. The monoisotopic (exact) mass is 440 g/mol. The molecule has 0 heterocycles. The van der Waals surface area contributed by atoms with Crippen molar-refractivity contribution in [2.45, 2.75) is 122 Å². The molecule has 0 bridgehead atoms. The van der Waals surface area contributed by atoms with Crippen LogP contribution in [-0.2, 0) is 23.9 Å². The smallest absolute Gasteiger partial charge is 0.307 e. The number of aliphatic carboxylic acids is 1. The molecule has 0 aliphatic heterocycles. The van der Waals surface area contributed by atoms with Gasteiger partial charge in [0, 0.05) is 13.5 Å². The van der Waals surface area contributed by atoms with Crippen molar-refractivity contribution in [3.05, 3.63) is 12.2 Å². The average molecular weight is 441 g/mol. The Morgan fingerprint density at radius 2 is 1.55 bits per heavy atom. The molecule has 2 atom stereocenters. The Labute approximate surface area is 188 Å². The molecule has 0 aromatic carbocycles. The zero-order chi connectivity index (χ0) is 23.3. The van der Waals surface area contributed by atoms with Crippen LogP contribution in [0.15, 0.2) is 12.2 Å². The predicted molar refractivity (Wildman–Crippen MR) is 123 cm³/mol. The van der Waals surface area contributed by atoms with Crippen LogP contribution in [0.5, 0.6) is 0 Å². The van der Waals surface area contributed by atoms with Gasteiger partial charge in [-0.25, -0.2) is 0 Å². The molecule has 6 heteroatoms. The van der Waals surface area contributed by atoms with Gasteiger partial charge < -0.3 is 14.6 Å². The van der Waals surface area contributed by atoms with Crippen molar-refractivity contribution in [3.8, 4) is 0 Å². The third-order valence-electron chi connectivity index (χ3n) is 5.37. The van der Waals surface area contributed by atoms with Crippen LogP contribution in [0, 0.1) is 0 Å². The van der Waals surface area contributed by atoms with E-state index in [4.69, 9.17) is 14.6 Å². The summed E-state index contributed by atoms with van der Waals surface area (Å²) in [4.78, 5) is 33.8. The number of ether oxygens (including phenoxy) is 2. The van der Waals surface area contributed by atoms with Crippen molar-refractivity contribution < 1.29 is 29.0 Å². The van der Waals surface area contributed by atoms with Gasteiger partial charge in [0.05, 0.1) is 12.5 Å². The molecule has 0 aromatic rings. The van der Waals surface area contributed by atoms with Crippen molar-refractivity contribution in [1.29, 1.82) is 0 Å². The fourth-order valence-corrected chi connectivity index (χ4v) is 3.38. The van der Waals surface area contributed by atoms with Gasteiger partial charge >= 0.3 is 11.9 Å². The molecule has 0 saturated heterocycles. The number of methoxy groups -OCH3 is 1. The van der Waals surface area contributed by atoms with E-state index in [0.717, 1.165) is 44.9 Å². The Morgan fingerprint density at radius 1 is 0.903 bits per heavy atom. The zero-order valence-corrected chi connectivity index (χ0v) is 19.9. The first kappa shape index (κ1) is 29.3. The van der Waals surface area contributed by atoms with Crippen molar-refractivity contribution in [3.63, 3.8) is 0 Å². The summed E-state index contributed by atoms with van der Waals surface area (Å²) in [7, 11) is 1.80. The summed E-state index contributed by atoms with van der Waals surface area (Å²) < 4.78 is 10.5. The van der Waals surface area contributed by atoms with E-state index in [-0.39, 0.29) is 6.42 Å². The second kappa shape index (κ2) is 20.2. The number of allylic oxidation sites excluding steroid dienone is 1. The first-order valence-electron chi connectivity index (χ1n) is 12.0. The Kier molecular flexibility index (Phi) is 19.1. The molecule has 0 aliphatic rings. The quantitative estimate of drug-likeness (QED) is 0.133. The Morgan fingerprint density at radius 3 is 2.19 bits per heavy atom. The van der Waals surface area contributed by atoms with Crippen LogP contribution < -0.4 is 0 Å². The lowest BCUT2D eigenvalue weighted by molar-refractivity contribution is -0.158. The number of hydrogen-bond donors (Lipinski definition) is 1. The molecule has 0 saturated carbocycles. The molecule has 0 aromatic heterocycles. The second-order valence-electron chi connectivity index (χ2n) is 8.26. The summed E-state index contributed by atoms with van der Waals surface area (Å²) in [6.07, 6.45) is 17.9. The molecular weight excluding hydrogens is 396 g/mol. The van der Waals surface area contributed by atoms with E-state index in [1.54, 1.807) is 7.11 Å². The van der Waals surface area contributed by atoms with E-state index in [1.807, 2.05) is 0 Å². The van der Waals surface area contributed by atoms with Crippen LogP contribution in [0.4, 0.5) is 0 Å². The number of esters is 1. The lowest BCUT2D eigenvalue weighted by Gasteiger charge is -2.13. The Balaban J connectivity index is 3.69. The lowest BCUT2D eigenvalue weighted by Crippen LogP contribution is -2.28. The van der Waals surface area contributed by atoms with Crippen molar-refractivity contribution >= 4 is 17.7 Å². The van der Waals surface area contributed by atoms with Gasteiger partial charge in [0.1, 0.15) is 0 Å². The van der Waals surface area contributed by atoms with Gasteiger partial charge in [0.15, 0.2) is 11.9 Å². The minimum Gasteiger partial charge on any atom is -0.481 e. The third-order valence-corrected chi connectivity index (χ3v) is 5.37. The lowest BCUT2D eigenvalue weighted by atomic mass is 10.1. The van der Waals surface area contributed by atoms with Crippen LogP contribution in [0.1, 0.15) is 110 Å². The Bertz CT molecular complexity index is 514. The minimum atomic E-state index is -1.17. The van der Waals surface area contributed by atoms with Crippen LogP contribution in [0.25, 0.3) is 0 Å². The maximum atomic E-state index is 11.8. The molecule has 2 unspecified atom stereocenters. The zero-order valence-electron chi connectivity index (χ0n) is 19.9. The topological polar surface area (TPSA) is 89.9 Å². The standard InChI is InChI=1S/C25H44O6/c1-4-5-6-11-14-17-22(30-3)18-15-12-9-7-8-10-13-16-19-25(29)31-23(21(2)26)20-24(27)28/h12,15,22-23H,4-11,13-14,16-20H2,1-3H3,(H,27,28)/b15-12-. The highest BCUT2D eigenvalue weighted by atomic mass is 16.5. The van der Waals surface area contributed by atoms with Gasteiger partial charge in [0.25, 0.3) is 0 Å². The maximum absolute atomic E-state index is 11.8. The predicted octanol–water partition coefficient (Wildman–Crippen LogP) is 6.01. The number of ketones is 1. The van der Waals surface area contributed by atoms with Crippen molar-refractivity contribution in [1.82, 2.24) is 0 Å². The normalized spacial score (nSPS) is 13.3. The van der Waals surface area contributed by atoms with Crippen LogP contribution >= 0.6 is 0 Å². The summed E-state index contributed by atoms with van der Waals surface area (Å²) in [5.74, 6) is -2.09. The fourth-order valence-electron chi connectivity index (χ4n) is 3.38. The molecule has 0 fully saturated rings. The first-order chi connectivity index (χ1) is 14.9. The number of carbonyl (C=O) groups is 3. The highest BCUT2D eigenvalue weighted by Gasteiger charge is 2.22. The van der Waals surface area contributed by atoms with Crippen LogP contribution in [0.2, 0.25) is 0 Å². The number of hydrogen-bond acceptors (Lipinski definition) is 5. The summed E-state index contributed by atoms with van der Waals surface area (Å²) in [6, 6.07) is 0. The number of Topliss-reactive ketones (excluding diaryl/α,β-unsaturated/α-hetero) is 1. The molecule has 6 nitrogen and oxygen atoms in total. The Hall–Kier alpha value is -1.69. The van der Waals surface area contributed by atoms with E-state index < -0.39 is 30.2 Å². The first-order valence-corrected chi connectivity index (χ1v) is 12.0. The van der Waals surface area contributed by atoms with Gasteiger partial charge in [-0.3, -0.25) is 14.4 Å². The highest BCUT2D eigenvalue weighted by Crippen LogP contribution is 2.13. The highest BCUT2D eigenvalue weighted by molar-refractivity contribution is 5.87. The van der Waals surface area contributed by atoms with Gasteiger partial charge in [-0.05, 0) is 39.0 Å². The van der Waals surface area contributed by atoms with E-state index in [9.17, 15) is 14.4 Å². The largest absolute Gasteiger partial charge is 0.481 e. The van der Waals surface area contributed by atoms with Crippen LogP contribution in [0.3, 0.4) is 0 Å². The molecule has 0 spiro atoms. The fraction of sp³-hybridized carbons (Fsp3) is 0.800. The van der Waals surface area contributed by atoms with Crippen LogP contribution in [-0.4, -0.2) is 42.1 Å². The summed E-state index contributed by atoms with van der Waals surface area (Å²) in [6.45, 7) is 3.47. The van der Waals surface area contributed by atoms with Crippen molar-refractivity contribution in [2.75, 3.05) is 7.11 Å². The number of carboxylic acids is 1. The van der Waals surface area contributed by atoms with Gasteiger partial charge in [-0.15, -0.1) is 0 Å². The third kappa shape index (κ3) is 18.8. The van der Waals surface area contributed by atoms with Gasteiger partial charge in [-0.1, -0.05) is 70.4 Å². The molecule has 180 valence electrons. The molecule has 0 radical (unpaired) electrons. The summed E-state index contributed by atoms with van der Waals surface area (Å²) in [5.41, 5.74) is 0. The van der Waals surface area contributed by atoms with E-state index >= 15 is 0 Å². The maximum Gasteiger partial charge on any atom is 0.307 e. The molecule has 1 N–H and O–H groups in total. The second-order valence-corrected chi connectivity index (χ2v) is 8.26. The van der Waals surface area contributed by atoms with Gasteiger partial charge in [-0.2, -0.15) is 0 Å². The molecule has 0 rings (SSSR count). The molecule has 0 amide bonds. The minimum absolute atomic E-state index is 0.222. The van der Waals surface area contributed by atoms with E-state index in [0.29, 0.717) is 12.5 Å². The molecule has 31 heavy (non-hydrogen) atoms. The summed E-state index contributed by atoms with van der Waals surface area (Å²) >= 11 is 0. The number of rotatable bonds is 21. The van der Waals surface area contributed by atoms with E-state index in [2.05, 4.69) is 19.1 Å². The van der Waals surface area contributed by atoms with Gasteiger partial charge in [0.2, 0.25) is 0 Å². The average Bonchev–Trinajstić information content (AvgIpc) is 2.72. The summed E-state index contributed by atoms with van der Waals surface area (Å²) in [5, 5.41) is 8.74. The molecule has 0 aliphatic carbocycles. The van der Waals surface area contributed by atoms with E-state index in [1.165, 1.54) is 39.0 Å².